The first-order chi connectivity index (χ1) is 14.4. The number of rotatable bonds is 4. The van der Waals surface area contributed by atoms with Gasteiger partial charge in [0.1, 0.15) is 5.82 Å². The van der Waals surface area contributed by atoms with Crippen LogP contribution in [0.15, 0.2) is 47.3 Å². The molecule has 7 heteroatoms. The minimum absolute atomic E-state index is 0.111. The van der Waals surface area contributed by atoms with E-state index < -0.39 is 0 Å². The van der Waals surface area contributed by atoms with E-state index in [9.17, 15) is 14.4 Å². The molecule has 1 amide bonds. The number of carbonyl (C=O) groups is 2. The molecule has 1 aliphatic rings. The first-order valence-electron chi connectivity index (χ1n) is 10.1. The van der Waals surface area contributed by atoms with Crippen LogP contribution in [0.2, 0.25) is 0 Å². The molecule has 30 heavy (non-hydrogen) atoms. The number of nitrogens with zero attached hydrogens (tertiary/aromatic N) is 2. The van der Waals surface area contributed by atoms with E-state index in [-0.39, 0.29) is 23.3 Å². The zero-order chi connectivity index (χ0) is 21.3. The lowest BCUT2D eigenvalue weighted by molar-refractivity contribution is 0.0707. The Bertz CT molecular complexity index is 1150. The maximum atomic E-state index is 13.2. The van der Waals surface area contributed by atoms with Gasteiger partial charge in [-0.3, -0.25) is 14.6 Å². The molecule has 1 saturated heterocycles. The number of aryl methyl sites for hydroxylation is 2. The summed E-state index contributed by atoms with van der Waals surface area (Å²) in [5.74, 6) is 0.459. The van der Waals surface area contributed by atoms with Crippen molar-refractivity contribution >= 4 is 11.7 Å². The maximum absolute atomic E-state index is 13.2. The highest BCUT2D eigenvalue weighted by molar-refractivity contribution is 6.15. The Hall–Kier alpha value is -3.48. The predicted molar refractivity (Wildman–Crippen MR) is 113 cm³/mol. The van der Waals surface area contributed by atoms with E-state index in [1.807, 2.05) is 32.0 Å². The number of aromatic amines is 2. The number of amides is 1. The summed E-state index contributed by atoms with van der Waals surface area (Å²) in [4.78, 5) is 42.1. The van der Waals surface area contributed by atoms with Gasteiger partial charge >= 0.3 is 5.69 Å². The zero-order valence-electron chi connectivity index (χ0n) is 17.1. The highest BCUT2D eigenvalue weighted by Gasteiger charge is 2.28. The molecule has 0 unspecified atom stereocenters. The Morgan fingerprint density at radius 3 is 2.33 bits per heavy atom. The molecule has 2 heterocycles. The van der Waals surface area contributed by atoms with Crippen molar-refractivity contribution in [3.8, 4) is 0 Å². The molecule has 0 aliphatic carbocycles. The van der Waals surface area contributed by atoms with Gasteiger partial charge in [0, 0.05) is 30.1 Å². The molecule has 7 nitrogen and oxygen atoms in total. The van der Waals surface area contributed by atoms with Gasteiger partial charge in [0.05, 0.1) is 5.56 Å². The number of likely N-dealkylation sites (tertiary alicyclic amines) is 1. The standard InChI is InChI=1S/C23H24N4O3/c1-14-7-8-17(13-15(14)2)20(28)18-5-3-4-6-19(18)22(29)27-11-9-16(10-12-27)21-24-23(30)26-25-21/h3-8,13,16H,9-12H2,1-2H3,(H2,24,25,26,30). The van der Waals surface area contributed by atoms with E-state index in [0.29, 0.717) is 48.4 Å². The monoisotopic (exact) mass is 404 g/mol. The first kappa shape index (κ1) is 19.8. The molecule has 2 aromatic carbocycles. The Morgan fingerprint density at radius 1 is 1.00 bits per heavy atom. The molecular formula is C23H24N4O3. The van der Waals surface area contributed by atoms with Gasteiger partial charge in [-0.15, -0.1) is 0 Å². The minimum atomic E-state index is -0.317. The van der Waals surface area contributed by atoms with Crippen molar-refractivity contribution in [1.29, 1.82) is 0 Å². The number of benzene rings is 2. The van der Waals surface area contributed by atoms with Crippen molar-refractivity contribution < 1.29 is 9.59 Å². The molecule has 0 saturated carbocycles. The lowest BCUT2D eigenvalue weighted by Crippen LogP contribution is -2.38. The number of hydrogen-bond acceptors (Lipinski definition) is 4. The van der Waals surface area contributed by atoms with Crippen LogP contribution in [-0.2, 0) is 0 Å². The average Bonchev–Trinajstić information content (AvgIpc) is 3.21. The quantitative estimate of drug-likeness (QED) is 0.653. The van der Waals surface area contributed by atoms with Crippen LogP contribution in [0.4, 0.5) is 0 Å². The number of H-pyrrole nitrogens is 2. The molecule has 4 rings (SSSR count). The van der Waals surface area contributed by atoms with Crippen LogP contribution in [0, 0.1) is 13.8 Å². The molecule has 1 fully saturated rings. The molecule has 1 aliphatic heterocycles. The van der Waals surface area contributed by atoms with Gasteiger partial charge in [-0.05, 0) is 49.9 Å². The molecule has 154 valence electrons. The van der Waals surface area contributed by atoms with Crippen LogP contribution in [0.25, 0.3) is 0 Å². The fourth-order valence-electron chi connectivity index (χ4n) is 3.91. The highest BCUT2D eigenvalue weighted by Crippen LogP contribution is 2.26. The Kier molecular flexibility index (Phi) is 5.35. The van der Waals surface area contributed by atoms with E-state index in [1.165, 1.54) is 0 Å². The normalized spacial score (nSPS) is 14.7. The van der Waals surface area contributed by atoms with Crippen molar-refractivity contribution in [2.75, 3.05) is 13.1 Å². The second kappa shape index (κ2) is 8.10. The molecule has 3 aromatic rings. The van der Waals surface area contributed by atoms with Crippen LogP contribution in [0.1, 0.15) is 62.0 Å². The third-order valence-electron chi connectivity index (χ3n) is 5.86. The van der Waals surface area contributed by atoms with Gasteiger partial charge in [0.25, 0.3) is 5.91 Å². The van der Waals surface area contributed by atoms with E-state index in [2.05, 4.69) is 15.2 Å². The maximum Gasteiger partial charge on any atom is 0.340 e. The summed E-state index contributed by atoms with van der Waals surface area (Å²) < 4.78 is 0. The first-order valence-corrected chi connectivity index (χ1v) is 10.1. The van der Waals surface area contributed by atoms with Crippen LogP contribution in [0.3, 0.4) is 0 Å². The van der Waals surface area contributed by atoms with E-state index >= 15 is 0 Å². The number of piperidine rings is 1. The molecule has 0 atom stereocenters. The molecule has 1 aromatic heterocycles. The number of carbonyl (C=O) groups excluding carboxylic acids is 2. The van der Waals surface area contributed by atoms with E-state index in [1.54, 1.807) is 29.2 Å². The largest absolute Gasteiger partial charge is 0.340 e. The zero-order valence-corrected chi connectivity index (χ0v) is 17.1. The summed E-state index contributed by atoms with van der Waals surface area (Å²) in [6.45, 7) is 5.07. The number of aromatic nitrogens is 3. The summed E-state index contributed by atoms with van der Waals surface area (Å²) >= 11 is 0. The third kappa shape index (κ3) is 3.83. The molecule has 0 bridgehead atoms. The van der Waals surface area contributed by atoms with Gasteiger partial charge in [-0.1, -0.05) is 30.3 Å². The van der Waals surface area contributed by atoms with Crippen LogP contribution < -0.4 is 5.69 Å². The van der Waals surface area contributed by atoms with Crippen molar-refractivity contribution in [3.05, 3.63) is 86.6 Å². The van der Waals surface area contributed by atoms with Crippen LogP contribution >= 0.6 is 0 Å². The third-order valence-corrected chi connectivity index (χ3v) is 5.86. The summed E-state index contributed by atoms with van der Waals surface area (Å²) in [6, 6.07) is 12.6. The second-order valence-corrected chi connectivity index (χ2v) is 7.80. The van der Waals surface area contributed by atoms with Gasteiger partial charge in [-0.25, -0.2) is 9.89 Å². The van der Waals surface area contributed by atoms with Crippen molar-refractivity contribution in [2.24, 2.45) is 0 Å². The van der Waals surface area contributed by atoms with Gasteiger partial charge in [0.15, 0.2) is 5.78 Å². The van der Waals surface area contributed by atoms with Gasteiger partial charge in [0.2, 0.25) is 0 Å². The summed E-state index contributed by atoms with van der Waals surface area (Å²) in [5.41, 5.74) is 3.28. The Morgan fingerprint density at radius 2 is 1.70 bits per heavy atom. The number of ketones is 1. The van der Waals surface area contributed by atoms with Gasteiger partial charge < -0.3 is 4.90 Å². The summed E-state index contributed by atoms with van der Waals surface area (Å²) in [6.07, 6.45) is 1.42. The SMILES string of the molecule is Cc1ccc(C(=O)c2ccccc2C(=O)N2CCC(c3n[nH]c(=O)[nH]3)CC2)cc1C. The molecule has 0 spiro atoms. The average molecular weight is 404 g/mol. The van der Waals surface area contributed by atoms with Crippen LogP contribution in [0.5, 0.6) is 0 Å². The van der Waals surface area contributed by atoms with Crippen LogP contribution in [-0.4, -0.2) is 44.9 Å². The second-order valence-electron chi connectivity index (χ2n) is 7.80. The lowest BCUT2D eigenvalue weighted by atomic mass is 9.93. The summed E-state index contributed by atoms with van der Waals surface area (Å²) in [5, 5.41) is 6.40. The smallest absolute Gasteiger partial charge is 0.339 e. The van der Waals surface area contributed by atoms with Crippen molar-refractivity contribution in [1.82, 2.24) is 20.1 Å². The predicted octanol–water partition coefficient (Wildman–Crippen LogP) is 2.97. The fourth-order valence-corrected chi connectivity index (χ4v) is 3.91. The minimum Gasteiger partial charge on any atom is -0.339 e. The lowest BCUT2D eigenvalue weighted by Gasteiger charge is -2.31. The summed E-state index contributed by atoms with van der Waals surface area (Å²) in [7, 11) is 0. The fraction of sp³-hybridized carbons (Fsp3) is 0.304. The van der Waals surface area contributed by atoms with Crippen molar-refractivity contribution in [2.45, 2.75) is 32.6 Å². The topological polar surface area (TPSA) is 98.9 Å². The van der Waals surface area contributed by atoms with Crippen molar-refractivity contribution in [3.63, 3.8) is 0 Å². The number of nitrogens with one attached hydrogen (secondary N) is 2. The Labute approximate surface area is 174 Å². The van der Waals surface area contributed by atoms with Gasteiger partial charge in [-0.2, -0.15) is 5.10 Å². The van der Waals surface area contributed by atoms with E-state index in [4.69, 9.17) is 0 Å². The van der Waals surface area contributed by atoms with E-state index in [0.717, 1.165) is 11.1 Å². The highest BCUT2D eigenvalue weighted by atomic mass is 16.2. The number of hydrogen-bond donors (Lipinski definition) is 2. The Balaban J connectivity index is 1.53. The molecule has 2 N–H and O–H groups in total. The molecule has 0 radical (unpaired) electrons. The molecular weight excluding hydrogens is 380 g/mol.